The van der Waals surface area contributed by atoms with Crippen LogP contribution in [0, 0.1) is 10.1 Å². The molecule has 1 aliphatic rings. The van der Waals surface area contributed by atoms with Gasteiger partial charge < -0.3 is 38.3 Å². The van der Waals surface area contributed by atoms with Crippen LogP contribution in [0.2, 0.25) is 0 Å². The van der Waals surface area contributed by atoms with Gasteiger partial charge in [-0.1, -0.05) is 25.3 Å². The summed E-state index contributed by atoms with van der Waals surface area (Å²) in [4.78, 5) is 47.4. The van der Waals surface area contributed by atoms with Crippen molar-refractivity contribution in [3.63, 3.8) is 0 Å². The number of nitrogens with zero attached hydrogens (tertiary/aromatic N) is 1. The molecule has 0 bridgehead atoms. The van der Waals surface area contributed by atoms with Crippen molar-refractivity contribution in [1.29, 1.82) is 0 Å². The van der Waals surface area contributed by atoms with Crippen LogP contribution in [-0.2, 0) is 33.2 Å². The number of benzene rings is 1. The van der Waals surface area contributed by atoms with E-state index < -0.39 is 60.5 Å². The molecule has 0 spiro atoms. The number of ether oxygens (including phenoxy) is 7. The van der Waals surface area contributed by atoms with E-state index >= 15 is 0 Å². The highest BCUT2D eigenvalue weighted by molar-refractivity contribution is 5.89. The summed E-state index contributed by atoms with van der Waals surface area (Å²) in [7, 11) is 1.20. The lowest BCUT2D eigenvalue weighted by Crippen LogP contribution is -2.62. The van der Waals surface area contributed by atoms with Gasteiger partial charge in [-0.05, 0) is 12.1 Å². The van der Waals surface area contributed by atoms with E-state index in [9.17, 15) is 29.6 Å². The quantitative estimate of drug-likeness (QED) is 0.150. The van der Waals surface area contributed by atoms with Crippen LogP contribution in [-0.4, -0.2) is 85.9 Å². The highest BCUT2D eigenvalue weighted by Gasteiger charge is 2.53. The maximum atomic E-state index is 12.8. The van der Waals surface area contributed by atoms with E-state index in [0.29, 0.717) is 0 Å². The zero-order valence-electron chi connectivity index (χ0n) is 19.2. The molecule has 0 radical (unpaired) electrons. The van der Waals surface area contributed by atoms with Crippen LogP contribution in [0.4, 0.5) is 15.3 Å². The van der Waals surface area contributed by atoms with Crippen molar-refractivity contribution >= 4 is 24.0 Å². The Balaban J connectivity index is 2.37. The molecule has 196 valence electrons. The highest BCUT2D eigenvalue weighted by atomic mass is 16.8. The van der Waals surface area contributed by atoms with Gasteiger partial charge in [0.25, 0.3) is 5.69 Å². The zero-order chi connectivity index (χ0) is 26.7. The van der Waals surface area contributed by atoms with Crippen molar-refractivity contribution in [3.8, 4) is 0 Å². The van der Waals surface area contributed by atoms with Gasteiger partial charge in [-0.25, -0.2) is 14.4 Å². The standard InChI is InChI=1S/C22H25NO13/c1-4-10-31-21(26)35-17-16(34-19(25)13-6-8-14(9-7-13)23(28)29)15(12-24)33-20(30-3)18(17)36-22(27)32-11-5-2/h4-9,15-18,20,24H,1-2,10-12H2,3H3/t15-,16-,17+,18+,20+/m1/s1. The third kappa shape index (κ3) is 7.49. The number of non-ortho nitro benzene ring substituents is 1. The van der Waals surface area contributed by atoms with E-state index in [1.54, 1.807) is 0 Å². The Bertz CT molecular complexity index is 948. The lowest BCUT2D eigenvalue weighted by Gasteiger charge is -2.43. The van der Waals surface area contributed by atoms with Crippen LogP contribution in [0.3, 0.4) is 0 Å². The number of nitro benzene ring substituents is 1. The maximum absolute atomic E-state index is 12.8. The molecule has 1 fully saturated rings. The molecule has 2 rings (SSSR count). The van der Waals surface area contributed by atoms with Crippen LogP contribution in [0.15, 0.2) is 49.6 Å². The van der Waals surface area contributed by atoms with Crippen molar-refractivity contribution < 1.29 is 57.6 Å². The Kier molecular flexibility index (Phi) is 10.8. The molecule has 0 saturated carbocycles. The zero-order valence-corrected chi connectivity index (χ0v) is 19.2. The second-order valence-electron chi connectivity index (χ2n) is 7.00. The van der Waals surface area contributed by atoms with E-state index in [-0.39, 0.29) is 24.5 Å². The Morgan fingerprint density at radius 3 is 2.03 bits per heavy atom. The Morgan fingerprint density at radius 2 is 1.56 bits per heavy atom. The minimum atomic E-state index is -1.60. The summed E-state index contributed by atoms with van der Waals surface area (Å²) >= 11 is 0. The first-order valence-electron chi connectivity index (χ1n) is 10.4. The molecule has 1 aliphatic heterocycles. The minimum absolute atomic E-state index is 0.0954. The molecular formula is C22H25NO13. The lowest BCUT2D eigenvalue weighted by atomic mass is 9.98. The van der Waals surface area contributed by atoms with Gasteiger partial charge in [-0.15, -0.1) is 0 Å². The van der Waals surface area contributed by atoms with Crippen LogP contribution in [0.5, 0.6) is 0 Å². The number of carbonyl (C=O) groups is 3. The van der Waals surface area contributed by atoms with Gasteiger partial charge in [0.05, 0.1) is 17.1 Å². The molecule has 14 heteroatoms. The average Bonchev–Trinajstić information content (AvgIpc) is 2.87. The summed E-state index contributed by atoms with van der Waals surface area (Å²) in [6.45, 7) is 5.66. The Hall–Kier alpha value is -4.01. The normalized spacial score (nSPS) is 23.0. The highest BCUT2D eigenvalue weighted by Crippen LogP contribution is 2.30. The van der Waals surface area contributed by atoms with Crippen molar-refractivity contribution in [2.24, 2.45) is 0 Å². The number of esters is 1. The van der Waals surface area contributed by atoms with E-state index in [1.165, 1.54) is 19.3 Å². The van der Waals surface area contributed by atoms with Gasteiger partial charge in [-0.2, -0.15) is 0 Å². The van der Waals surface area contributed by atoms with E-state index in [0.717, 1.165) is 24.3 Å². The van der Waals surface area contributed by atoms with Crippen molar-refractivity contribution in [1.82, 2.24) is 0 Å². The van der Waals surface area contributed by atoms with Gasteiger partial charge in [0.2, 0.25) is 0 Å². The molecule has 1 saturated heterocycles. The molecular weight excluding hydrogens is 486 g/mol. The number of aliphatic hydroxyl groups is 1. The molecule has 5 atom stereocenters. The Labute approximate surface area is 205 Å². The summed E-state index contributed by atoms with van der Waals surface area (Å²) in [6, 6.07) is 4.46. The molecule has 0 aromatic heterocycles. The fourth-order valence-electron chi connectivity index (χ4n) is 3.07. The summed E-state index contributed by atoms with van der Waals surface area (Å²) in [5.74, 6) is -1.01. The number of nitro groups is 1. The molecule has 36 heavy (non-hydrogen) atoms. The fourth-order valence-corrected chi connectivity index (χ4v) is 3.07. The maximum Gasteiger partial charge on any atom is 0.509 e. The number of aliphatic hydroxyl groups excluding tert-OH is 1. The van der Waals surface area contributed by atoms with Gasteiger partial charge in [0, 0.05) is 19.2 Å². The second kappa shape index (κ2) is 13.8. The first kappa shape index (κ1) is 28.2. The number of hydrogen-bond acceptors (Lipinski definition) is 13. The molecule has 0 amide bonds. The third-order valence-electron chi connectivity index (χ3n) is 4.66. The molecule has 14 nitrogen and oxygen atoms in total. The first-order valence-corrected chi connectivity index (χ1v) is 10.4. The van der Waals surface area contributed by atoms with Gasteiger partial charge in [0.1, 0.15) is 19.3 Å². The fraction of sp³-hybridized carbons (Fsp3) is 0.409. The average molecular weight is 511 g/mol. The number of rotatable bonds is 11. The predicted molar refractivity (Wildman–Crippen MR) is 118 cm³/mol. The van der Waals surface area contributed by atoms with Crippen molar-refractivity contribution in [2.45, 2.75) is 30.7 Å². The predicted octanol–water partition coefficient (Wildman–Crippen LogP) is 1.90. The summed E-state index contributed by atoms with van der Waals surface area (Å²) < 4.78 is 36.2. The van der Waals surface area contributed by atoms with Crippen molar-refractivity contribution in [3.05, 3.63) is 65.3 Å². The molecule has 0 unspecified atom stereocenters. The van der Waals surface area contributed by atoms with Crippen LogP contribution in [0.1, 0.15) is 10.4 Å². The van der Waals surface area contributed by atoms with Crippen LogP contribution < -0.4 is 0 Å². The summed E-state index contributed by atoms with van der Waals surface area (Å²) in [5, 5.41) is 20.7. The van der Waals surface area contributed by atoms with E-state index in [4.69, 9.17) is 33.2 Å². The molecule has 1 heterocycles. The van der Waals surface area contributed by atoms with E-state index in [2.05, 4.69) is 13.2 Å². The second-order valence-corrected chi connectivity index (χ2v) is 7.00. The summed E-state index contributed by atoms with van der Waals surface area (Å²) in [5.41, 5.74) is -0.358. The smallest absolute Gasteiger partial charge is 0.452 e. The number of methoxy groups -OCH3 is 1. The Morgan fingerprint density at radius 1 is 1.00 bits per heavy atom. The van der Waals surface area contributed by atoms with Crippen LogP contribution in [0.25, 0.3) is 0 Å². The minimum Gasteiger partial charge on any atom is -0.452 e. The molecule has 1 N–H and O–H groups in total. The number of hydrogen-bond donors (Lipinski definition) is 1. The topological polar surface area (TPSA) is 179 Å². The first-order chi connectivity index (χ1) is 17.2. The summed E-state index contributed by atoms with van der Waals surface area (Å²) in [6.07, 6.45) is -7.27. The monoisotopic (exact) mass is 511 g/mol. The largest absolute Gasteiger partial charge is 0.509 e. The van der Waals surface area contributed by atoms with Crippen LogP contribution >= 0.6 is 0 Å². The van der Waals surface area contributed by atoms with Gasteiger partial charge in [-0.3, -0.25) is 10.1 Å². The SMILES string of the molecule is C=CCOC(=O)O[C@@H]1[C@H](OC(=O)OCC=C)[C@@H](OC)O[C@H](CO)[C@H]1OC(=O)c1ccc([N+](=O)[O-])cc1. The third-order valence-corrected chi connectivity index (χ3v) is 4.66. The van der Waals surface area contributed by atoms with E-state index in [1.807, 2.05) is 0 Å². The van der Waals surface area contributed by atoms with Gasteiger partial charge >= 0.3 is 18.3 Å². The molecule has 1 aromatic carbocycles. The number of carbonyl (C=O) groups excluding carboxylic acids is 3. The molecule has 0 aliphatic carbocycles. The van der Waals surface area contributed by atoms with Crippen molar-refractivity contribution in [2.75, 3.05) is 26.9 Å². The molecule has 1 aromatic rings. The lowest BCUT2D eigenvalue weighted by molar-refractivity contribution is -0.384. The van der Waals surface area contributed by atoms with Gasteiger partial charge in [0.15, 0.2) is 24.6 Å².